The summed E-state index contributed by atoms with van der Waals surface area (Å²) < 4.78 is 38.3. The van der Waals surface area contributed by atoms with E-state index in [2.05, 4.69) is 15.3 Å². The fourth-order valence-corrected chi connectivity index (χ4v) is 2.15. The summed E-state index contributed by atoms with van der Waals surface area (Å²) in [6, 6.07) is 8.72. The van der Waals surface area contributed by atoms with Crippen LogP contribution >= 0.6 is 0 Å². The maximum atomic E-state index is 12.8. The molecule has 2 aromatic rings. The van der Waals surface area contributed by atoms with Crippen molar-refractivity contribution in [3.63, 3.8) is 0 Å². The van der Waals surface area contributed by atoms with Gasteiger partial charge in [-0.15, -0.1) is 0 Å². The number of aliphatic imine (C=N–C) groups is 1. The van der Waals surface area contributed by atoms with Crippen LogP contribution in [-0.4, -0.2) is 10.8 Å². The van der Waals surface area contributed by atoms with Gasteiger partial charge in [0.05, 0.1) is 11.3 Å². The van der Waals surface area contributed by atoms with Gasteiger partial charge in [-0.05, 0) is 56.7 Å². The monoisotopic (exact) mass is 333 g/mol. The van der Waals surface area contributed by atoms with Crippen LogP contribution in [0, 0.1) is 0 Å². The summed E-state index contributed by atoms with van der Waals surface area (Å²) in [6.07, 6.45) is -1.00. The molecule has 1 N–H and O–H groups in total. The molecule has 0 fully saturated rings. The lowest BCUT2D eigenvalue weighted by Crippen LogP contribution is -2.10. The maximum absolute atomic E-state index is 12.8. The zero-order valence-electron chi connectivity index (χ0n) is 13.6. The smallest absolute Gasteiger partial charge is 0.344 e. The summed E-state index contributed by atoms with van der Waals surface area (Å²) in [5, 5.41) is 2.90. The number of aromatic nitrogens is 1. The van der Waals surface area contributed by atoms with E-state index in [0.29, 0.717) is 11.5 Å². The van der Waals surface area contributed by atoms with Gasteiger partial charge in [0, 0.05) is 23.6 Å². The predicted molar refractivity (Wildman–Crippen MR) is 90.7 cm³/mol. The molecule has 0 radical (unpaired) electrons. The number of allylic oxidation sites excluding steroid dienone is 1. The standard InChI is InChI=1S/C18H18F3N3/c1-12(2)17(14-6-5-9-22-11-14)24-13(3)23-16-8-4-7-15(10-16)18(19,20)21/h4-11H,1-3H3,(H,23,24). The molecule has 126 valence electrons. The van der Waals surface area contributed by atoms with Gasteiger partial charge in [-0.3, -0.25) is 4.98 Å². The summed E-state index contributed by atoms with van der Waals surface area (Å²) in [7, 11) is 0. The van der Waals surface area contributed by atoms with Crippen LogP contribution < -0.4 is 5.32 Å². The van der Waals surface area contributed by atoms with Gasteiger partial charge in [0.1, 0.15) is 5.84 Å². The number of alkyl halides is 3. The van der Waals surface area contributed by atoms with Crippen molar-refractivity contribution in [2.24, 2.45) is 4.99 Å². The lowest BCUT2D eigenvalue weighted by Gasteiger charge is -2.11. The molecule has 1 heterocycles. The van der Waals surface area contributed by atoms with Crippen molar-refractivity contribution in [2.45, 2.75) is 26.9 Å². The first-order chi connectivity index (χ1) is 11.3. The molecule has 0 saturated heterocycles. The van der Waals surface area contributed by atoms with Gasteiger partial charge in [0.25, 0.3) is 0 Å². The second kappa shape index (κ2) is 7.29. The van der Waals surface area contributed by atoms with Crippen LogP contribution in [0.15, 0.2) is 59.4 Å². The first kappa shape index (κ1) is 17.7. The van der Waals surface area contributed by atoms with Gasteiger partial charge < -0.3 is 5.32 Å². The van der Waals surface area contributed by atoms with Gasteiger partial charge in [-0.1, -0.05) is 6.07 Å². The van der Waals surface area contributed by atoms with Crippen molar-refractivity contribution in [3.05, 3.63) is 65.5 Å². The average molecular weight is 333 g/mol. The Bertz CT molecular complexity index is 759. The Balaban J connectivity index is 2.27. The number of nitrogens with zero attached hydrogens (tertiary/aromatic N) is 2. The zero-order valence-corrected chi connectivity index (χ0v) is 13.6. The lowest BCUT2D eigenvalue weighted by atomic mass is 10.1. The first-order valence-corrected chi connectivity index (χ1v) is 7.35. The van der Waals surface area contributed by atoms with Crippen molar-refractivity contribution in [1.82, 2.24) is 4.98 Å². The van der Waals surface area contributed by atoms with Crippen molar-refractivity contribution >= 4 is 17.2 Å². The van der Waals surface area contributed by atoms with Gasteiger partial charge >= 0.3 is 6.18 Å². The van der Waals surface area contributed by atoms with Crippen LogP contribution in [0.25, 0.3) is 5.70 Å². The molecule has 0 saturated carbocycles. The average Bonchev–Trinajstić information content (AvgIpc) is 2.52. The van der Waals surface area contributed by atoms with Crippen LogP contribution in [0.2, 0.25) is 0 Å². The molecule has 0 unspecified atom stereocenters. The Morgan fingerprint density at radius 1 is 1.08 bits per heavy atom. The van der Waals surface area contributed by atoms with E-state index < -0.39 is 11.7 Å². The van der Waals surface area contributed by atoms with Crippen molar-refractivity contribution in [3.8, 4) is 0 Å². The molecular weight excluding hydrogens is 315 g/mol. The molecule has 1 aromatic carbocycles. The summed E-state index contributed by atoms with van der Waals surface area (Å²) in [5.41, 5.74) is 2.20. The molecule has 0 amide bonds. The Labute approximate surface area is 139 Å². The molecule has 0 aliphatic rings. The minimum atomic E-state index is -4.37. The molecular formula is C18H18F3N3. The highest BCUT2D eigenvalue weighted by molar-refractivity contribution is 5.97. The summed E-state index contributed by atoms with van der Waals surface area (Å²) in [6.45, 7) is 5.55. The summed E-state index contributed by atoms with van der Waals surface area (Å²) in [4.78, 5) is 8.57. The van der Waals surface area contributed by atoms with Crippen LogP contribution in [0.3, 0.4) is 0 Å². The summed E-state index contributed by atoms with van der Waals surface area (Å²) in [5.74, 6) is 0.495. The number of halogens is 3. The van der Waals surface area contributed by atoms with E-state index in [1.54, 1.807) is 25.4 Å². The molecule has 0 atom stereocenters. The number of hydrogen-bond donors (Lipinski definition) is 1. The number of anilines is 1. The number of hydrogen-bond acceptors (Lipinski definition) is 2. The SMILES string of the molecule is CC(=NC(=C(C)C)c1cccnc1)Nc1cccc(C(F)(F)F)c1. The predicted octanol–water partition coefficient (Wildman–Crippen LogP) is 5.38. The van der Waals surface area contributed by atoms with Crippen molar-refractivity contribution < 1.29 is 13.2 Å². The lowest BCUT2D eigenvalue weighted by molar-refractivity contribution is -0.137. The van der Waals surface area contributed by atoms with E-state index in [1.165, 1.54) is 6.07 Å². The fourth-order valence-electron chi connectivity index (χ4n) is 2.15. The van der Waals surface area contributed by atoms with E-state index >= 15 is 0 Å². The molecule has 0 spiro atoms. The Morgan fingerprint density at radius 2 is 1.83 bits per heavy atom. The third-order valence-electron chi connectivity index (χ3n) is 3.20. The first-order valence-electron chi connectivity index (χ1n) is 7.35. The number of pyridine rings is 1. The van der Waals surface area contributed by atoms with E-state index in [1.807, 2.05) is 26.0 Å². The number of nitrogens with one attached hydrogen (secondary N) is 1. The molecule has 0 aliphatic heterocycles. The molecule has 0 aliphatic carbocycles. The zero-order chi connectivity index (χ0) is 17.7. The molecule has 0 bridgehead atoms. The minimum absolute atomic E-state index is 0.338. The Morgan fingerprint density at radius 3 is 2.42 bits per heavy atom. The highest BCUT2D eigenvalue weighted by atomic mass is 19.4. The van der Waals surface area contributed by atoms with Crippen molar-refractivity contribution in [1.29, 1.82) is 0 Å². The van der Waals surface area contributed by atoms with Crippen LogP contribution in [0.4, 0.5) is 18.9 Å². The molecule has 6 heteroatoms. The second-order valence-electron chi connectivity index (χ2n) is 5.49. The highest BCUT2D eigenvalue weighted by Gasteiger charge is 2.30. The van der Waals surface area contributed by atoms with E-state index in [0.717, 1.165) is 29.0 Å². The fraction of sp³-hybridized carbons (Fsp3) is 0.222. The van der Waals surface area contributed by atoms with E-state index in [9.17, 15) is 13.2 Å². The van der Waals surface area contributed by atoms with Crippen LogP contribution in [0.1, 0.15) is 31.9 Å². The normalized spacial score (nSPS) is 12.0. The quantitative estimate of drug-likeness (QED) is 0.605. The van der Waals surface area contributed by atoms with Crippen molar-refractivity contribution in [2.75, 3.05) is 5.32 Å². The molecule has 1 aromatic heterocycles. The van der Waals surface area contributed by atoms with Crippen LogP contribution in [0.5, 0.6) is 0 Å². The number of benzene rings is 1. The Kier molecular flexibility index (Phi) is 5.39. The topological polar surface area (TPSA) is 37.3 Å². The third kappa shape index (κ3) is 4.68. The maximum Gasteiger partial charge on any atom is 0.416 e. The highest BCUT2D eigenvalue weighted by Crippen LogP contribution is 2.30. The van der Waals surface area contributed by atoms with Gasteiger partial charge in [0.2, 0.25) is 0 Å². The van der Waals surface area contributed by atoms with E-state index in [4.69, 9.17) is 0 Å². The third-order valence-corrected chi connectivity index (χ3v) is 3.20. The molecule has 24 heavy (non-hydrogen) atoms. The van der Waals surface area contributed by atoms with Gasteiger partial charge in [-0.25, -0.2) is 4.99 Å². The minimum Gasteiger partial charge on any atom is -0.344 e. The molecule has 3 nitrogen and oxygen atoms in total. The number of amidine groups is 1. The Hall–Kier alpha value is -2.63. The largest absolute Gasteiger partial charge is 0.416 e. The summed E-state index contributed by atoms with van der Waals surface area (Å²) >= 11 is 0. The van der Waals surface area contributed by atoms with Gasteiger partial charge in [0.15, 0.2) is 0 Å². The molecule has 2 rings (SSSR count). The van der Waals surface area contributed by atoms with E-state index in [-0.39, 0.29) is 0 Å². The van der Waals surface area contributed by atoms with Gasteiger partial charge in [-0.2, -0.15) is 13.2 Å². The number of rotatable bonds is 3. The van der Waals surface area contributed by atoms with Crippen LogP contribution in [-0.2, 0) is 6.18 Å². The second-order valence-corrected chi connectivity index (χ2v) is 5.49.